The largest absolute Gasteiger partial charge is 0.481 e. The maximum Gasteiger partial charge on any atom is 0.310 e. The van der Waals surface area contributed by atoms with Crippen LogP contribution in [0.5, 0.6) is 0 Å². The van der Waals surface area contributed by atoms with Crippen molar-refractivity contribution in [1.82, 2.24) is 5.32 Å². The maximum absolute atomic E-state index is 11.8. The predicted molar refractivity (Wildman–Crippen MR) is 73.3 cm³/mol. The van der Waals surface area contributed by atoms with E-state index in [0.29, 0.717) is 0 Å². The predicted octanol–water partition coefficient (Wildman–Crippen LogP) is 0.931. The van der Waals surface area contributed by atoms with Gasteiger partial charge in [-0.2, -0.15) is 0 Å². The molecule has 0 heterocycles. The lowest BCUT2D eigenvalue weighted by atomic mass is 9.94. The molecule has 1 aromatic carbocycles. The summed E-state index contributed by atoms with van der Waals surface area (Å²) < 4.78 is 22.6. The van der Waals surface area contributed by atoms with Crippen molar-refractivity contribution in [3.05, 3.63) is 29.8 Å². The molecule has 0 bridgehead atoms. The van der Waals surface area contributed by atoms with Crippen LogP contribution >= 0.6 is 0 Å². The topological polar surface area (TPSA) is 101 Å². The van der Waals surface area contributed by atoms with Gasteiger partial charge in [-0.1, -0.05) is 0 Å². The van der Waals surface area contributed by atoms with Crippen LogP contribution in [0.4, 0.5) is 0 Å². The van der Waals surface area contributed by atoms with Gasteiger partial charge in [-0.15, -0.1) is 0 Å². The zero-order valence-electron chi connectivity index (χ0n) is 11.5. The fraction of sp³-hybridized carbons (Fsp3) is 0.385. The van der Waals surface area contributed by atoms with Crippen LogP contribution in [0.25, 0.3) is 0 Å². The van der Waals surface area contributed by atoms with Gasteiger partial charge in [-0.05, 0) is 38.1 Å². The molecule has 110 valence electrons. The van der Waals surface area contributed by atoms with Crippen LogP contribution in [0.1, 0.15) is 24.2 Å². The molecule has 6 nitrogen and oxygen atoms in total. The fourth-order valence-corrected chi connectivity index (χ4v) is 1.96. The molecule has 0 atom stereocenters. The lowest BCUT2D eigenvalue weighted by molar-refractivity contribution is -0.146. The second-order valence-electron chi connectivity index (χ2n) is 5.17. The van der Waals surface area contributed by atoms with Crippen LogP contribution in [-0.2, 0) is 14.6 Å². The molecule has 1 rings (SSSR count). The molecule has 1 aromatic rings. The highest BCUT2D eigenvalue weighted by Crippen LogP contribution is 2.14. The summed E-state index contributed by atoms with van der Waals surface area (Å²) in [4.78, 5) is 22.9. The SMILES string of the molecule is CC(C)(CNC(=O)c1ccc(S(C)(=O)=O)cc1)C(=O)O. The molecule has 0 spiro atoms. The number of carbonyl (C=O) groups excluding carboxylic acids is 1. The normalized spacial score (nSPS) is 11.9. The van der Waals surface area contributed by atoms with Crippen molar-refractivity contribution in [2.45, 2.75) is 18.7 Å². The summed E-state index contributed by atoms with van der Waals surface area (Å²) in [5, 5.41) is 11.4. The van der Waals surface area contributed by atoms with Crippen molar-refractivity contribution in [3.8, 4) is 0 Å². The molecule has 20 heavy (non-hydrogen) atoms. The van der Waals surface area contributed by atoms with E-state index in [1.54, 1.807) is 0 Å². The maximum atomic E-state index is 11.8. The van der Waals surface area contributed by atoms with Crippen molar-refractivity contribution in [2.24, 2.45) is 5.41 Å². The molecule has 1 amide bonds. The van der Waals surface area contributed by atoms with Gasteiger partial charge in [0, 0.05) is 18.4 Å². The molecular weight excluding hydrogens is 282 g/mol. The summed E-state index contributed by atoms with van der Waals surface area (Å²) >= 11 is 0. The fourth-order valence-electron chi connectivity index (χ4n) is 1.33. The Balaban J connectivity index is 2.77. The Morgan fingerprint density at radius 1 is 1.20 bits per heavy atom. The Morgan fingerprint density at radius 2 is 1.70 bits per heavy atom. The number of sulfone groups is 1. The highest BCUT2D eigenvalue weighted by atomic mass is 32.2. The third kappa shape index (κ3) is 4.06. The highest BCUT2D eigenvalue weighted by molar-refractivity contribution is 7.90. The van der Waals surface area contributed by atoms with Gasteiger partial charge in [0.1, 0.15) is 0 Å². The Bertz CT molecular complexity index is 617. The quantitative estimate of drug-likeness (QED) is 0.842. The van der Waals surface area contributed by atoms with Crippen LogP contribution in [-0.4, -0.2) is 38.2 Å². The molecule has 7 heteroatoms. The van der Waals surface area contributed by atoms with Crippen molar-refractivity contribution in [2.75, 3.05) is 12.8 Å². The summed E-state index contributed by atoms with van der Waals surface area (Å²) in [7, 11) is -3.30. The number of aliphatic carboxylic acids is 1. The number of carbonyl (C=O) groups is 2. The third-order valence-electron chi connectivity index (χ3n) is 2.81. The number of amides is 1. The van der Waals surface area contributed by atoms with Gasteiger partial charge in [0.05, 0.1) is 10.3 Å². The van der Waals surface area contributed by atoms with E-state index in [2.05, 4.69) is 5.32 Å². The number of carboxylic acid groups (broad SMARTS) is 1. The van der Waals surface area contributed by atoms with E-state index >= 15 is 0 Å². The van der Waals surface area contributed by atoms with Crippen molar-refractivity contribution < 1.29 is 23.1 Å². The lowest BCUT2D eigenvalue weighted by Crippen LogP contribution is -2.38. The minimum atomic E-state index is -3.30. The van der Waals surface area contributed by atoms with Crippen LogP contribution in [0.2, 0.25) is 0 Å². The van der Waals surface area contributed by atoms with E-state index in [4.69, 9.17) is 5.11 Å². The van der Waals surface area contributed by atoms with E-state index in [9.17, 15) is 18.0 Å². The van der Waals surface area contributed by atoms with E-state index in [1.165, 1.54) is 38.1 Å². The summed E-state index contributed by atoms with van der Waals surface area (Å²) in [5.41, 5.74) is -0.791. The number of hydrogen-bond acceptors (Lipinski definition) is 4. The van der Waals surface area contributed by atoms with Gasteiger partial charge in [-0.25, -0.2) is 8.42 Å². The van der Waals surface area contributed by atoms with E-state index in [0.717, 1.165) is 6.26 Å². The van der Waals surface area contributed by atoms with Gasteiger partial charge in [0.15, 0.2) is 9.84 Å². The minimum absolute atomic E-state index is 0.0189. The Labute approximate surface area is 117 Å². The molecule has 0 radical (unpaired) electrons. The second kappa shape index (κ2) is 5.62. The first kappa shape index (κ1) is 16.2. The molecule has 0 saturated carbocycles. The van der Waals surface area contributed by atoms with Crippen LogP contribution in [0, 0.1) is 5.41 Å². The molecule has 0 saturated heterocycles. The average molecular weight is 299 g/mol. The first-order valence-corrected chi connectivity index (χ1v) is 7.75. The number of nitrogens with one attached hydrogen (secondary N) is 1. The first-order valence-electron chi connectivity index (χ1n) is 5.86. The van der Waals surface area contributed by atoms with Crippen LogP contribution in [0.3, 0.4) is 0 Å². The van der Waals surface area contributed by atoms with Crippen LogP contribution in [0.15, 0.2) is 29.2 Å². The Kier molecular flexibility index (Phi) is 4.54. The Hall–Kier alpha value is -1.89. The summed E-state index contributed by atoms with van der Waals surface area (Å²) in [6, 6.07) is 5.46. The molecule has 0 aliphatic rings. The van der Waals surface area contributed by atoms with Gasteiger partial charge in [0.25, 0.3) is 5.91 Å². The number of rotatable bonds is 5. The summed E-state index contributed by atoms with van der Waals surface area (Å²) in [5.74, 6) is -1.45. The van der Waals surface area contributed by atoms with E-state index < -0.39 is 27.1 Å². The second-order valence-corrected chi connectivity index (χ2v) is 7.18. The van der Waals surface area contributed by atoms with Crippen LogP contribution < -0.4 is 5.32 Å². The Morgan fingerprint density at radius 3 is 2.10 bits per heavy atom. The minimum Gasteiger partial charge on any atom is -0.481 e. The lowest BCUT2D eigenvalue weighted by Gasteiger charge is -2.19. The zero-order valence-corrected chi connectivity index (χ0v) is 12.3. The molecule has 0 aromatic heterocycles. The highest BCUT2D eigenvalue weighted by Gasteiger charge is 2.27. The molecule has 0 unspecified atom stereocenters. The standard InChI is InChI=1S/C13H17NO5S/c1-13(2,12(16)17)8-14-11(15)9-4-6-10(7-5-9)20(3,18)19/h4-7H,8H2,1-3H3,(H,14,15)(H,16,17). The molecule has 0 aliphatic carbocycles. The number of carboxylic acids is 1. The van der Waals surface area contributed by atoms with Crippen molar-refractivity contribution >= 4 is 21.7 Å². The molecular formula is C13H17NO5S. The summed E-state index contributed by atoms with van der Waals surface area (Å²) in [6.45, 7) is 2.99. The monoisotopic (exact) mass is 299 g/mol. The molecule has 2 N–H and O–H groups in total. The number of benzene rings is 1. The smallest absolute Gasteiger partial charge is 0.310 e. The van der Waals surface area contributed by atoms with Gasteiger partial charge < -0.3 is 10.4 Å². The van der Waals surface area contributed by atoms with Crippen molar-refractivity contribution in [1.29, 1.82) is 0 Å². The van der Waals surface area contributed by atoms with Gasteiger partial charge in [0.2, 0.25) is 0 Å². The first-order chi connectivity index (χ1) is 9.04. The number of hydrogen-bond donors (Lipinski definition) is 2. The van der Waals surface area contributed by atoms with Crippen molar-refractivity contribution in [3.63, 3.8) is 0 Å². The molecule has 0 fully saturated rings. The third-order valence-corrected chi connectivity index (χ3v) is 3.94. The van der Waals surface area contributed by atoms with E-state index in [1.807, 2.05) is 0 Å². The van der Waals surface area contributed by atoms with Gasteiger partial charge in [-0.3, -0.25) is 9.59 Å². The average Bonchev–Trinajstić information content (AvgIpc) is 2.35. The zero-order chi connectivity index (χ0) is 15.6. The summed E-state index contributed by atoms with van der Waals surface area (Å²) in [6.07, 6.45) is 1.08. The van der Waals surface area contributed by atoms with E-state index in [-0.39, 0.29) is 17.0 Å². The van der Waals surface area contributed by atoms with Gasteiger partial charge >= 0.3 is 5.97 Å². The molecule has 0 aliphatic heterocycles.